The fourth-order valence-corrected chi connectivity index (χ4v) is 2.94. The lowest BCUT2D eigenvalue weighted by Gasteiger charge is -2.27. The van der Waals surface area contributed by atoms with Crippen LogP contribution in [-0.4, -0.2) is 14.8 Å². The second kappa shape index (κ2) is 6.63. The van der Waals surface area contributed by atoms with Crippen molar-refractivity contribution < 1.29 is 0 Å². The van der Waals surface area contributed by atoms with Gasteiger partial charge in [-0.15, -0.1) is 0 Å². The summed E-state index contributed by atoms with van der Waals surface area (Å²) in [6, 6.07) is 13.2. The summed E-state index contributed by atoms with van der Waals surface area (Å²) in [5.74, 6) is 0. The Bertz CT molecular complexity index is 977. The van der Waals surface area contributed by atoms with Crippen molar-refractivity contribution in [1.82, 2.24) is 20.2 Å². The van der Waals surface area contributed by atoms with E-state index in [1.807, 2.05) is 64.4 Å². The lowest BCUT2D eigenvalue weighted by Crippen LogP contribution is -2.34. The average molecular weight is 370 g/mol. The Morgan fingerprint density at radius 2 is 1.88 bits per heavy atom. The Labute approximate surface area is 154 Å². The van der Waals surface area contributed by atoms with E-state index in [1.165, 1.54) is 0 Å². The summed E-state index contributed by atoms with van der Waals surface area (Å²) >= 11 is 12.1. The highest BCUT2D eigenvalue weighted by Crippen LogP contribution is 2.24. The van der Waals surface area contributed by atoms with Crippen molar-refractivity contribution in [3.05, 3.63) is 89.1 Å². The molecule has 0 amide bonds. The first-order chi connectivity index (χ1) is 12.2. The van der Waals surface area contributed by atoms with Crippen molar-refractivity contribution in [1.29, 1.82) is 0 Å². The molecule has 7 heteroatoms. The zero-order valence-corrected chi connectivity index (χ0v) is 14.5. The minimum absolute atomic E-state index is 0.438. The monoisotopic (exact) mass is 369 g/mol. The molecule has 0 unspecified atom stereocenters. The second-order valence-electron chi connectivity index (χ2n) is 5.35. The largest absolute Gasteiger partial charge is 0.292 e. The van der Waals surface area contributed by atoms with Gasteiger partial charge in [0.15, 0.2) is 0 Å². The van der Waals surface area contributed by atoms with Crippen LogP contribution in [0.3, 0.4) is 0 Å². The summed E-state index contributed by atoms with van der Waals surface area (Å²) < 4.78 is 1.83. The van der Waals surface area contributed by atoms with Gasteiger partial charge in [-0.05, 0) is 42.5 Å². The molecular weight excluding hydrogens is 357 g/mol. The summed E-state index contributed by atoms with van der Waals surface area (Å²) in [6.07, 6.45) is 9.27. The maximum absolute atomic E-state index is 6.11. The zero-order valence-electron chi connectivity index (χ0n) is 13.0. The van der Waals surface area contributed by atoms with Crippen molar-refractivity contribution >= 4 is 34.6 Å². The van der Waals surface area contributed by atoms with Gasteiger partial charge in [-0.3, -0.25) is 10.4 Å². The summed E-state index contributed by atoms with van der Waals surface area (Å²) in [5, 5.41) is 7.39. The van der Waals surface area contributed by atoms with Gasteiger partial charge in [0.25, 0.3) is 0 Å². The van der Waals surface area contributed by atoms with Crippen LogP contribution in [0.5, 0.6) is 0 Å². The Morgan fingerprint density at radius 3 is 2.72 bits per heavy atom. The van der Waals surface area contributed by atoms with Crippen LogP contribution in [0.1, 0.15) is 5.69 Å². The normalized spacial score (nSPS) is 13.5. The molecule has 124 valence electrons. The molecule has 25 heavy (non-hydrogen) atoms. The lowest BCUT2D eigenvalue weighted by atomic mass is 10.2. The standard InChI is InChI=1S/C18H13Cl2N5/c19-13-3-1-4-15(11-13)25-17(7-9-22-25)16-5-2-10-24(23-16)14-6-8-21-18(20)12-14/h1-12,23H. The summed E-state index contributed by atoms with van der Waals surface area (Å²) in [4.78, 5) is 4.01. The molecule has 4 rings (SSSR count). The van der Waals surface area contributed by atoms with Gasteiger partial charge in [-0.25, -0.2) is 9.67 Å². The van der Waals surface area contributed by atoms with Crippen LogP contribution in [0.4, 0.5) is 5.69 Å². The molecule has 0 bridgehead atoms. The lowest BCUT2D eigenvalue weighted by molar-refractivity contribution is 0.827. The average Bonchev–Trinajstić information content (AvgIpc) is 3.12. The number of nitrogens with zero attached hydrogens (tertiary/aromatic N) is 4. The topological polar surface area (TPSA) is 46.0 Å². The van der Waals surface area contributed by atoms with Crippen LogP contribution in [0, 0.1) is 0 Å². The van der Waals surface area contributed by atoms with E-state index in [9.17, 15) is 0 Å². The predicted molar refractivity (Wildman–Crippen MR) is 101 cm³/mol. The molecule has 1 aliphatic rings. The van der Waals surface area contributed by atoms with E-state index in [0.717, 1.165) is 22.8 Å². The summed E-state index contributed by atoms with van der Waals surface area (Å²) in [5.41, 5.74) is 6.94. The van der Waals surface area contributed by atoms with Crippen LogP contribution in [0.2, 0.25) is 10.2 Å². The van der Waals surface area contributed by atoms with Crippen LogP contribution in [0.15, 0.2) is 73.2 Å². The zero-order chi connectivity index (χ0) is 17.2. The van der Waals surface area contributed by atoms with E-state index in [4.69, 9.17) is 23.2 Å². The molecular formula is C18H13Cl2N5. The first-order valence-electron chi connectivity index (χ1n) is 7.57. The predicted octanol–water partition coefficient (Wildman–Crippen LogP) is 4.45. The molecule has 0 saturated heterocycles. The van der Waals surface area contributed by atoms with Crippen LogP contribution < -0.4 is 10.4 Å². The van der Waals surface area contributed by atoms with Gasteiger partial charge in [-0.2, -0.15) is 5.10 Å². The van der Waals surface area contributed by atoms with Gasteiger partial charge in [0.2, 0.25) is 0 Å². The van der Waals surface area contributed by atoms with Gasteiger partial charge >= 0.3 is 0 Å². The quantitative estimate of drug-likeness (QED) is 0.692. The minimum atomic E-state index is 0.438. The molecule has 0 saturated carbocycles. The smallest absolute Gasteiger partial charge is 0.131 e. The van der Waals surface area contributed by atoms with E-state index in [-0.39, 0.29) is 0 Å². The number of hydrogen-bond acceptors (Lipinski definition) is 4. The molecule has 0 spiro atoms. The SMILES string of the molecule is Clc1cccc(-n2nccc2C2=CC=CN(c3ccnc(Cl)c3)N2)c1. The van der Waals surface area contributed by atoms with E-state index in [0.29, 0.717) is 10.2 Å². The molecule has 1 aliphatic heterocycles. The number of hydrazine groups is 1. The first kappa shape index (κ1) is 15.7. The number of allylic oxidation sites excluding steroid dienone is 2. The fraction of sp³-hybridized carbons (Fsp3) is 0. The molecule has 3 aromatic rings. The number of pyridine rings is 1. The van der Waals surface area contributed by atoms with Crippen molar-refractivity contribution in [3.8, 4) is 5.69 Å². The van der Waals surface area contributed by atoms with Crippen molar-refractivity contribution in [2.75, 3.05) is 5.01 Å². The Kier molecular flexibility index (Phi) is 4.17. The molecule has 0 atom stereocenters. The number of hydrogen-bond donors (Lipinski definition) is 1. The van der Waals surface area contributed by atoms with Crippen LogP contribution in [0.25, 0.3) is 11.4 Å². The second-order valence-corrected chi connectivity index (χ2v) is 6.17. The number of anilines is 1. The van der Waals surface area contributed by atoms with Crippen molar-refractivity contribution in [3.63, 3.8) is 0 Å². The van der Waals surface area contributed by atoms with Crippen LogP contribution >= 0.6 is 23.2 Å². The molecule has 1 N–H and O–H groups in total. The highest BCUT2D eigenvalue weighted by atomic mass is 35.5. The molecule has 5 nitrogen and oxygen atoms in total. The highest BCUT2D eigenvalue weighted by molar-refractivity contribution is 6.30. The Balaban J connectivity index is 1.66. The molecule has 1 aromatic carbocycles. The Hall–Kier alpha value is -2.76. The molecule has 0 fully saturated rings. The number of aromatic nitrogens is 3. The van der Waals surface area contributed by atoms with E-state index in [2.05, 4.69) is 15.5 Å². The third-order valence-corrected chi connectivity index (χ3v) is 4.14. The number of benzene rings is 1. The maximum atomic E-state index is 6.11. The van der Waals surface area contributed by atoms with Gasteiger partial charge in [-0.1, -0.05) is 29.3 Å². The maximum Gasteiger partial charge on any atom is 0.131 e. The van der Waals surface area contributed by atoms with E-state index in [1.54, 1.807) is 18.5 Å². The van der Waals surface area contributed by atoms with Gasteiger partial charge in [0, 0.05) is 23.5 Å². The number of halogens is 2. The molecule has 0 radical (unpaired) electrons. The van der Waals surface area contributed by atoms with Gasteiger partial charge in [0.05, 0.1) is 29.0 Å². The van der Waals surface area contributed by atoms with Gasteiger partial charge < -0.3 is 0 Å². The third-order valence-electron chi connectivity index (χ3n) is 3.70. The van der Waals surface area contributed by atoms with Gasteiger partial charge in [0.1, 0.15) is 5.15 Å². The highest BCUT2D eigenvalue weighted by Gasteiger charge is 2.15. The number of rotatable bonds is 3. The molecule has 0 aliphatic carbocycles. The third kappa shape index (κ3) is 3.24. The first-order valence-corrected chi connectivity index (χ1v) is 8.32. The molecule has 3 heterocycles. The van der Waals surface area contributed by atoms with Crippen LogP contribution in [-0.2, 0) is 0 Å². The Morgan fingerprint density at radius 1 is 0.960 bits per heavy atom. The van der Waals surface area contributed by atoms with Crippen molar-refractivity contribution in [2.24, 2.45) is 0 Å². The minimum Gasteiger partial charge on any atom is -0.292 e. The summed E-state index contributed by atoms with van der Waals surface area (Å²) in [7, 11) is 0. The number of nitrogens with one attached hydrogen (secondary N) is 1. The van der Waals surface area contributed by atoms with Crippen molar-refractivity contribution in [2.45, 2.75) is 0 Å². The van der Waals surface area contributed by atoms with E-state index < -0.39 is 0 Å². The fourth-order valence-electron chi connectivity index (χ4n) is 2.59. The molecule has 2 aromatic heterocycles. The van der Waals surface area contributed by atoms with E-state index >= 15 is 0 Å². The summed E-state index contributed by atoms with van der Waals surface area (Å²) in [6.45, 7) is 0.